The molecule has 0 spiro atoms. The summed E-state index contributed by atoms with van der Waals surface area (Å²) >= 11 is 6.13. The molecule has 1 atom stereocenters. The van der Waals surface area contributed by atoms with E-state index in [2.05, 4.69) is 10.6 Å². The molecule has 1 saturated heterocycles. The SMILES string of the molecule is COc1ccc(CCNC(=O)C[C@@H]2C(=O)NCCN2Cc2ccc(F)cc2Cl)cc1. The number of carbonyl (C=O) groups is 2. The fourth-order valence-electron chi connectivity index (χ4n) is 3.43. The van der Waals surface area contributed by atoms with E-state index < -0.39 is 11.9 Å². The van der Waals surface area contributed by atoms with Crippen LogP contribution in [0.5, 0.6) is 5.75 Å². The smallest absolute Gasteiger partial charge is 0.237 e. The molecule has 30 heavy (non-hydrogen) atoms. The van der Waals surface area contributed by atoms with Gasteiger partial charge in [0.25, 0.3) is 0 Å². The molecule has 3 rings (SSSR count). The summed E-state index contributed by atoms with van der Waals surface area (Å²) in [4.78, 5) is 26.7. The summed E-state index contributed by atoms with van der Waals surface area (Å²) < 4.78 is 18.4. The van der Waals surface area contributed by atoms with Crippen molar-refractivity contribution in [3.8, 4) is 5.75 Å². The minimum atomic E-state index is -0.596. The Morgan fingerprint density at radius 3 is 2.77 bits per heavy atom. The number of nitrogens with one attached hydrogen (secondary N) is 2. The summed E-state index contributed by atoms with van der Waals surface area (Å²) in [6.07, 6.45) is 0.731. The van der Waals surface area contributed by atoms with Gasteiger partial charge in [0.15, 0.2) is 0 Å². The van der Waals surface area contributed by atoms with Crippen molar-refractivity contribution >= 4 is 23.4 Å². The van der Waals surface area contributed by atoms with Crippen molar-refractivity contribution in [1.29, 1.82) is 0 Å². The highest BCUT2D eigenvalue weighted by atomic mass is 35.5. The van der Waals surface area contributed by atoms with E-state index in [1.165, 1.54) is 12.1 Å². The average Bonchev–Trinajstić information content (AvgIpc) is 2.73. The normalized spacial score (nSPS) is 16.8. The lowest BCUT2D eigenvalue weighted by molar-refractivity contribution is -0.134. The third-order valence-corrected chi connectivity index (χ3v) is 5.46. The number of carbonyl (C=O) groups excluding carboxylic acids is 2. The summed E-state index contributed by atoms with van der Waals surface area (Å²) in [5.74, 6) is -0.00840. The third kappa shape index (κ3) is 5.93. The van der Waals surface area contributed by atoms with Gasteiger partial charge in [-0.2, -0.15) is 0 Å². The quantitative estimate of drug-likeness (QED) is 0.671. The highest BCUT2D eigenvalue weighted by Gasteiger charge is 2.31. The Hall–Kier alpha value is -2.64. The Morgan fingerprint density at radius 1 is 1.30 bits per heavy atom. The van der Waals surface area contributed by atoms with Crippen LogP contribution < -0.4 is 15.4 Å². The van der Waals surface area contributed by atoms with E-state index in [9.17, 15) is 14.0 Å². The third-order valence-electron chi connectivity index (χ3n) is 5.10. The van der Waals surface area contributed by atoms with Gasteiger partial charge in [-0.05, 0) is 41.8 Å². The lowest BCUT2D eigenvalue weighted by Gasteiger charge is -2.34. The van der Waals surface area contributed by atoms with Crippen LogP contribution in [-0.2, 0) is 22.6 Å². The first-order chi connectivity index (χ1) is 14.5. The van der Waals surface area contributed by atoms with E-state index in [0.29, 0.717) is 37.6 Å². The van der Waals surface area contributed by atoms with Crippen LogP contribution in [-0.4, -0.2) is 49.5 Å². The maximum Gasteiger partial charge on any atom is 0.237 e. The number of methoxy groups -OCH3 is 1. The van der Waals surface area contributed by atoms with Crippen molar-refractivity contribution < 1.29 is 18.7 Å². The Bertz CT molecular complexity index is 892. The highest BCUT2D eigenvalue weighted by Crippen LogP contribution is 2.21. The fourth-order valence-corrected chi connectivity index (χ4v) is 3.66. The molecule has 1 heterocycles. The molecule has 6 nitrogen and oxygen atoms in total. The molecule has 2 amide bonds. The molecule has 0 unspecified atom stereocenters. The molecule has 0 aliphatic carbocycles. The van der Waals surface area contributed by atoms with Crippen LogP contribution >= 0.6 is 11.6 Å². The van der Waals surface area contributed by atoms with Gasteiger partial charge < -0.3 is 15.4 Å². The van der Waals surface area contributed by atoms with Gasteiger partial charge in [-0.1, -0.05) is 29.8 Å². The van der Waals surface area contributed by atoms with Crippen molar-refractivity contribution in [3.05, 3.63) is 64.4 Å². The van der Waals surface area contributed by atoms with E-state index in [0.717, 1.165) is 16.9 Å². The molecule has 1 aliphatic heterocycles. The molecule has 0 aromatic heterocycles. The van der Waals surface area contributed by atoms with Gasteiger partial charge in [-0.3, -0.25) is 14.5 Å². The number of benzene rings is 2. The highest BCUT2D eigenvalue weighted by molar-refractivity contribution is 6.31. The van der Waals surface area contributed by atoms with Crippen molar-refractivity contribution in [3.63, 3.8) is 0 Å². The van der Waals surface area contributed by atoms with Crippen LogP contribution in [0.25, 0.3) is 0 Å². The summed E-state index contributed by atoms with van der Waals surface area (Å²) in [7, 11) is 1.62. The van der Waals surface area contributed by atoms with Gasteiger partial charge in [0.2, 0.25) is 11.8 Å². The van der Waals surface area contributed by atoms with Crippen molar-refractivity contribution in [2.24, 2.45) is 0 Å². The molecule has 160 valence electrons. The number of nitrogens with zero attached hydrogens (tertiary/aromatic N) is 1. The second kappa shape index (κ2) is 10.4. The first kappa shape index (κ1) is 22.1. The predicted molar refractivity (Wildman–Crippen MR) is 113 cm³/mol. The van der Waals surface area contributed by atoms with Crippen molar-refractivity contribution in [2.45, 2.75) is 25.4 Å². The van der Waals surface area contributed by atoms with Gasteiger partial charge in [0.1, 0.15) is 11.6 Å². The fraction of sp³-hybridized carbons (Fsp3) is 0.364. The molecule has 2 aromatic carbocycles. The van der Waals surface area contributed by atoms with Gasteiger partial charge in [-0.15, -0.1) is 0 Å². The first-order valence-corrected chi connectivity index (χ1v) is 10.2. The molecule has 1 fully saturated rings. The molecule has 8 heteroatoms. The number of ether oxygens (including phenoxy) is 1. The number of hydrogen-bond acceptors (Lipinski definition) is 4. The number of piperazine rings is 1. The van der Waals surface area contributed by atoms with Crippen LogP contribution in [0.3, 0.4) is 0 Å². The van der Waals surface area contributed by atoms with E-state index in [1.54, 1.807) is 13.2 Å². The largest absolute Gasteiger partial charge is 0.497 e. The topological polar surface area (TPSA) is 70.7 Å². The van der Waals surface area contributed by atoms with Gasteiger partial charge in [-0.25, -0.2) is 4.39 Å². The molecule has 2 N–H and O–H groups in total. The summed E-state index contributed by atoms with van der Waals surface area (Å²) in [6.45, 7) is 1.93. The van der Waals surface area contributed by atoms with Crippen molar-refractivity contribution in [2.75, 3.05) is 26.7 Å². The Kier molecular flexibility index (Phi) is 7.65. The van der Waals surface area contributed by atoms with Gasteiger partial charge in [0, 0.05) is 31.2 Å². The van der Waals surface area contributed by atoms with Crippen LogP contribution in [0.15, 0.2) is 42.5 Å². The molecule has 0 bridgehead atoms. The number of halogens is 2. The number of hydrogen-bond donors (Lipinski definition) is 2. The molecular weight excluding hydrogens is 409 g/mol. The average molecular weight is 434 g/mol. The number of amides is 2. The van der Waals surface area contributed by atoms with E-state index in [-0.39, 0.29) is 18.2 Å². The maximum absolute atomic E-state index is 13.3. The maximum atomic E-state index is 13.3. The van der Waals surface area contributed by atoms with E-state index >= 15 is 0 Å². The van der Waals surface area contributed by atoms with E-state index in [1.807, 2.05) is 29.2 Å². The zero-order valence-electron chi connectivity index (χ0n) is 16.8. The second-order valence-corrected chi connectivity index (χ2v) is 7.57. The van der Waals surface area contributed by atoms with Crippen LogP contribution in [0, 0.1) is 5.82 Å². The Balaban J connectivity index is 1.54. The minimum Gasteiger partial charge on any atom is -0.497 e. The standard InChI is InChI=1S/C22H25ClFN3O3/c1-30-18-6-2-15(3-7-18)8-9-25-21(28)13-20-22(29)26-10-11-27(20)14-16-4-5-17(24)12-19(16)23/h2-7,12,20H,8-11,13-14H2,1H3,(H,25,28)(H,26,29)/t20-/m1/s1. The lowest BCUT2D eigenvalue weighted by Crippen LogP contribution is -2.56. The summed E-state index contributed by atoms with van der Waals surface area (Å²) in [6, 6.07) is 11.3. The van der Waals surface area contributed by atoms with Crippen molar-refractivity contribution in [1.82, 2.24) is 15.5 Å². The summed E-state index contributed by atoms with van der Waals surface area (Å²) in [5, 5.41) is 5.99. The van der Waals surface area contributed by atoms with Crippen LogP contribution in [0.1, 0.15) is 17.5 Å². The lowest BCUT2D eigenvalue weighted by atomic mass is 10.1. The molecule has 0 saturated carbocycles. The van der Waals surface area contributed by atoms with Crippen LogP contribution in [0.2, 0.25) is 5.02 Å². The summed E-state index contributed by atoms with van der Waals surface area (Å²) in [5.41, 5.74) is 1.80. The molecule has 0 radical (unpaired) electrons. The first-order valence-electron chi connectivity index (χ1n) is 9.81. The Labute approximate surface area is 180 Å². The molecule has 2 aromatic rings. The minimum absolute atomic E-state index is 0.0489. The van der Waals surface area contributed by atoms with Gasteiger partial charge in [0.05, 0.1) is 19.6 Å². The second-order valence-electron chi connectivity index (χ2n) is 7.17. The van der Waals surface area contributed by atoms with E-state index in [4.69, 9.17) is 16.3 Å². The Morgan fingerprint density at radius 2 is 2.07 bits per heavy atom. The monoisotopic (exact) mass is 433 g/mol. The van der Waals surface area contributed by atoms with Gasteiger partial charge >= 0.3 is 0 Å². The zero-order chi connectivity index (χ0) is 21.5. The predicted octanol–water partition coefficient (Wildman–Crippen LogP) is 2.54. The number of rotatable bonds is 8. The molecule has 1 aliphatic rings. The molecular formula is C22H25ClFN3O3. The zero-order valence-corrected chi connectivity index (χ0v) is 17.5. The van der Waals surface area contributed by atoms with Crippen LogP contribution in [0.4, 0.5) is 4.39 Å².